The number of rotatable bonds is 6. The van der Waals surface area contributed by atoms with Crippen molar-refractivity contribution in [3.63, 3.8) is 0 Å². The highest BCUT2D eigenvalue weighted by molar-refractivity contribution is 6.30. The van der Waals surface area contributed by atoms with Crippen LogP contribution in [0.1, 0.15) is 5.56 Å². The Labute approximate surface area is 144 Å². The molecule has 0 aliphatic rings. The van der Waals surface area contributed by atoms with Gasteiger partial charge in [-0.05, 0) is 35.9 Å². The third-order valence-corrected chi connectivity index (χ3v) is 3.22. The summed E-state index contributed by atoms with van der Waals surface area (Å²) in [6.07, 6.45) is 2.80. The predicted molar refractivity (Wildman–Crippen MR) is 93.1 cm³/mol. The van der Waals surface area contributed by atoms with Crippen LogP contribution < -0.4 is 10.1 Å². The lowest BCUT2D eigenvalue weighted by molar-refractivity contribution is -0.142. The van der Waals surface area contributed by atoms with E-state index in [2.05, 4.69) is 5.32 Å². The van der Waals surface area contributed by atoms with Gasteiger partial charge < -0.3 is 14.8 Å². The van der Waals surface area contributed by atoms with E-state index in [0.717, 1.165) is 5.56 Å². The first-order valence-electron chi connectivity index (χ1n) is 7.12. The molecular formula is C18H16ClNO4. The van der Waals surface area contributed by atoms with Crippen LogP contribution in [0.2, 0.25) is 5.02 Å². The van der Waals surface area contributed by atoms with Gasteiger partial charge in [0.25, 0.3) is 5.91 Å². The zero-order valence-corrected chi connectivity index (χ0v) is 13.7. The molecule has 6 heteroatoms. The van der Waals surface area contributed by atoms with Crippen LogP contribution in [0.4, 0.5) is 5.69 Å². The third kappa shape index (κ3) is 5.44. The first-order valence-corrected chi connectivity index (χ1v) is 7.49. The molecule has 0 saturated heterocycles. The fourth-order valence-corrected chi connectivity index (χ4v) is 2.09. The van der Waals surface area contributed by atoms with Crippen molar-refractivity contribution >= 4 is 35.2 Å². The summed E-state index contributed by atoms with van der Waals surface area (Å²) >= 11 is 5.85. The maximum Gasteiger partial charge on any atom is 0.331 e. The monoisotopic (exact) mass is 345 g/mol. The summed E-state index contributed by atoms with van der Waals surface area (Å²) < 4.78 is 10.0. The van der Waals surface area contributed by atoms with Crippen LogP contribution in [0, 0.1) is 0 Å². The van der Waals surface area contributed by atoms with E-state index in [1.807, 2.05) is 0 Å². The molecule has 0 spiro atoms. The van der Waals surface area contributed by atoms with Crippen LogP contribution in [0.25, 0.3) is 6.08 Å². The Morgan fingerprint density at radius 3 is 2.71 bits per heavy atom. The molecule has 2 aromatic carbocycles. The second-order valence-electron chi connectivity index (χ2n) is 4.74. The Bertz CT molecular complexity index is 758. The summed E-state index contributed by atoms with van der Waals surface area (Å²) in [5.74, 6) is -0.549. The van der Waals surface area contributed by atoms with Gasteiger partial charge >= 0.3 is 5.97 Å². The SMILES string of the molecule is COc1ccccc1NC(=O)COC(=O)C=Cc1cccc(Cl)c1. The third-order valence-electron chi connectivity index (χ3n) is 2.99. The van der Waals surface area contributed by atoms with Gasteiger partial charge in [0.2, 0.25) is 0 Å². The first-order chi connectivity index (χ1) is 11.6. The fourth-order valence-electron chi connectivity index (χ4n) is 1.89. The molecule has 0 bridgehead atoms. The Morgan fingerprint density at radius 2 is 1.96 bits per heavy atom. The molecule has 24 heavy (non-hydrogen) atoms. The number of ether oxygens (including phenoxy) is 2. The molecule has 0 aliphatic heterocycles. The second kappa shape index (κ2) is 8.74. The Balaban J connectivity index is 1.84. The minimum absolute atomic E-state index is 0.392. The van der Waals surface area contributed by atoms with Gasteiger partial charge in [-0.1, -0.05) is 35.9 Å². The molecule has 5 nitrogen and oxygen atoms in total. The van der Waals surface area contributed by atoms with E-state index in [9.17, 15) is 9.59 Å². The molecule has 0 saturated carbocycles. The van der Waals surface area contributed by atoms with Gasteiger partial charge in [0.1, 0.15) is 5.75 Å². The van der Waals surface area contributed by atoms with Crippen LogP contribution in [-0.4, -0.2) is 25.6 Å². The lowest BCUT2D eigenvalue weighted by Gasteiger charge is -2.09. The van der Waals surface area contributed by atoms with Crippen LogP contribution in [-0.2, 0) is 14.3 Å². The average molecular weight is 346 g/mol. The number of nitrogens with one attached hydrogen (secondary N) is 1. The zero-order valence-electron chi connectivity index (χ0n) is 13.0. The number of carbonyl (C=O) groups excluding carboxylic acids is 2. The van der Waals surface area contributed by atoms with E-state index in [1.54, 1.807) is 54.6 Å². The van der Waals surface area contributed by atoms with Gasteiger partial charge in [-0.25, -0.2) is 4.79 Å². The van der Waals surface area contributed by atoms with Gasteiger partial charge in [-0.15, -0.1) is 0 Å². The van der Waals surface area contributed by atoms with E-state index in [-0.39, 0.29) is 0 Å². The number of hydrogen-bond acceptors (Lipinski definition) is 4. The number of para-hydroxylation sites is 2. The number of esters is 1. The lowest BCUT2D eigenvalue weighted by Crippen LogP contribution is -2.20. The van der Waals surface area contributed by atoms with Crippen molar-refractivity contribution in [2.75, 3.05) is 19.0 Å². The zero-order chi connectivity index (χ0) is 17.4. The molecule has 0 aromatic heterocycles. The Kier molecular flexibility index (Phi) is 6.40. The highest BCUT2D eigenvalue weighted by Gasteiger charge is 2.08. The molecule has 0 fully saturated rings. The average Bonchev–Trinajstić information content (AvgIpc) is 2.58. The van der Waals surface area contributed by atoms with Crippen molar-refractivity contribution < 1.29 is 19.1 Å². The highest BCUT2D eigenvalue weighted by atomic mass is 35.5. The Morgan fingerprint density at radius 1 is 1.17 bits per heavy atom. The molecule has 0 radical (unpaired) electrons. The van der Waals surface area contributed by atoms with Crippen molar-refractivity contribution in [1.29, 1.82) is 0 Å². The van der Waals surface area contributed by atoms with Crippen LogP contribution in [0.3, 0.4) is 0 Å². The highest BCUT2D eigenvalue weighted by Crippen LogP contribution is 2.22. The smallest absolute Gasteiger partial charge is 0.331 e. The standard InChI is InChI=1S/C18H16ClNO4/c1-23-16-8-3-2-7-15(16)20-17(21)12-24-18(22)10-9-13-5-4-6-14(19)11-13/h2-11H,12H2,1H3,(H,20,21). The van der Waals surface area contributed by atoms with Crippen LogP contribution in [0.15, 0.2) is 54.6 Å². The van der Waals surface area contributed by atoms with E-state index < -0.39 is 18.5 Å². The van der Waals surface area contributed by atoms with Gasteiger partial charge in [0, 0.05) is 11.1 Å². The fraction of sp³-hybridized carbons (Fsp3) is 0.111. The quantitative estimate of drug-likeness (QED) is 0.642. The van der Waals surface area contributed by atoms with Crippen molar-refractivity contribution in [3.05, 3.63) is 65.2 Å². The maximum absolute atomic E-state index is 11.8. The predicted octanol–water partition coefficient (Wildman–Crippen LogP) is 3.54. The number of methoxy groups -OCH3 is 1. The number of anilines is 1. The summed E-state index contributed by atoms with van der Waals surface area (Å²) in [5, 5.41) is 3.19. The van der Waals surface area contributed by atoms with Crippen LogP contribution in [0.5, 0.6) is 5.75 Å². The first kappa shape index (κ1) is 17.6. The summed E-state index contributed by atoms with van der Waals surface area (Å²) in [6.45, 7) is -0.392. The number of carbonyl (C=O) groups is 2. The van der Waals surface area contributed by atoms with Gasteiger partial charge in [0.05, 0.1) is 12.8 Å². The van der Waals surface area contributed by atoms with Gasteiger partial charge in [-0.2, -0.15) is 0 Å². The molecule has 0 aliphatic carbocycles. The normalized spacial score (nSPS) is 10.4. The van der Waals surface area contributed by atoms with Gasteiger partial charge in [0.15, 0.2) is 6.61 Å². The summed E-state index contributed by atoms with van der Waals surface area (Å²) in [7, 11) is 1.51. The van der Waals surface area contributed by atoms with E-state index >= 15 is 0 Å². The molecule has 0 unspecified atom stereocenters. The number of halogens is 1. The minimum atomic E-state index is -0.620. The summed E-state index contributed by atoms with van der Waals surface area (Å²) in [5.41, 5.74) is 1.27. The largest absolute Gasteiger partial charge is 0.495 e. The number of amides is 1. The lowest BCUT2D eigenvalue weighted by atomic mass is 10.2. The van der Waals surface area contributed by atoms with E-state index in [0.29, 0.717) is 16.5 Å². The molecule has 0 atom stereocenters. The number of hydrogen-bond donors (Lipinski definition) is 1. The minimum Gasteiger partial charge on any atom is -0.495 e. The van der Waals surface area contributed by atoms with Gasteiger partial charge in [-0.3, -0.25) is 4.79 Å². The van der Waals surface area contributed by atoms with Crippen molar-refractivity contribution in [3.8, 4) is 5.75 Å². The van der Waals surface area contributed by atoms with Crippen molar-refractivity contribution in [1.82, 2.24) is 0 Å². The topological polar surface area (TPSA) is 64.6 Å². The Hall–Kier alpha value is -2.79. The molecule has 2 rings (SSSR count). The summed E-state index contributed by atoms with van der Waals surface area (Å²) in [6, 6.07) is 14.0. The molecule has 1 N–H and O–H groups in total. The molecule has 124 valence electrons. The summed E-state index contributed by atoms with van der Waals surface area (Å²) in [4.78, 5) is 23.5. The van der Waals surface area contributed by atoms with E-state index in [1.165, 1.54) is 13.2 Å². The van der Waals surface area contributed by atoms with Crippen molar-refractivity contribution in [2.45, 2.75) is 0 Å². The molecular weight excluding hydrogens is 330 g/mol. The molecule has 1 amide bonds. The number of benzene rings is 2. The molecule has 0 heterocycles. The second-order valence-corrected chi connectivity index (χ2v) is 5.18. The maximum atomic E-state index is 11.8. The molecule has 2 aromatic rings. The van der Waals surface area contributed by atoms with Crippen molar-refractivity contribution in [2.24, 2.45) is 0 Å². The van der Waals surface area contributed by atoms with E-state index in [4.69, 9.17) is 21.1 Å². The van der Waals surface area contributed by atoms with Crippen LogP contribution >= 0.6 is 11.6 Å².